The van der Waals surface area contributed by atoms with Crippen molar-refractivity contribution in [2.24, 2.45) is 0 Å². The molecular formula is C15H28BrNO3. The number of nitrogens with zero attached hydrogens (tertiary/aromatic N) is 1. The van der Waals surface area contributed by atoms with E-state index in [1.54, 1.807) is 7.05 Å². The molecule has 0 saturated heterocycles. The van der Waals surface area contributed by atoms with Crippen LogP contribution in [0.2, 0.25) is 0 Å². The number of alkyl halides is 1. The Morgan fingerprint density at radius 2 is 1.75 bits per heavy atom. The van der Waals surface area contributed by atoms with Crippen LogP contribution in [0.1, 0.15) is 44.9 Å². The minimum absolute atomic E-state index is 0.101. The zero-order valence-corrected chi connectivity index (χ0v) is 14.4. The first-order chi connectivity index (χ1) is 9.72. The summed E-state index contributed by atoms with van der Waals surface area (Å²) in [5.41, 5.74) is 0. The van der Waals surface area contributed by atoms with Gasteiger partial charge in [0.15, 0.2) is 0 Å². The smallest absolute Gasteiger partial charge is 0.271 e. The number of ether oxygens (including phenoxy) is 1. The van der Waals surface area contributed by atoms with Crippen molar-refractivity contribution in [3.05, 3.63) is 12.2 Å². The Hall–Kier alpha value is -0.390. The van der Waals surface area contributed by atoms with Gasteiger partial charge >= 0.3 is 0 Å². The fourth-order valence-corrected chi connectivity index (χ4v) is 1.97. The molecule has 4 nitrogen and oxygen atoms in total. The molecule has 0 rings (SSSR count). The third-order valence-corrected chi connectivity index (χ3v) is 3.39. The summed E-state index contributed by atoms with van der Waals surface area (Å²) in [5.74, 6) is -0.149. The van der Waals surface area contributed by atoms with Gasteiger partial charge in [-0.05, 0) is 19.3 Å². The number of halogens is 1. The highest BCUT2D eigenvalue weighted by Gasteiger charge is 2.06. The molecule has 118 valence electrons. The van der Waals surface area contributed by atoms with Crippen molar-refractivity contribution < 1.29 is 14.4 Å². The fraction of sp³-hybridized carbons (Fsp3) is 0.800. The molecule has 0 heterocycles. The van der Waals surface area contributed by atoms with E-state index in [-0.39, 0.29) is 12.5 Å². The van der Waals surface area contributed by atoms with Gasteiger partial charge in [0.1, 0.15) is 6.61 Å². The van der Waals surface area contributed by atoms with Crippen LogP contribution in [0.4, 0.5) is 0 Å². The van der Waals surface area contributed by atoms with Gasteiger partial charge in [-0.25, -0.2) is 5.06 Å². The highest BCUT2D eigenvalue weighted by Crippen LogP contribution is 2.07. The van der Waals surface area contributed by atoms with Gasteiger partial charge in [0.05, 0.1) is 7.11 Å². The average molecular weight is 350 g/mol. The second kappa shape index (κ2) is 15.0. The van der Waals surface area contributed by atoms with Crippen molar-refractivity contribution in [3.63, 3.8) is 0 Å². The monoisotopic (exact) mass is 349 g/mol. The summed E-state index contributed by atoms with van der Waals surface area (Å²) in [7, 11) is 3.05. The number of amides is 1. The Morgan fingerprint density at radius 3 is 2.40 bits per heavy atom. The third kappa shape index (κ3) is 12.6. The molecule has 0 aromatic rings. The highest BCUT2D eigenvalue weighted by atomic mass is 79.9. The number of hydrogen-bond donors (Lipinski definition) is 0. The summed E-state index contributed by atoms with van der Waals surface area (Å²) in [4.78, 5) is 16.1. The molecule has 1 amide bonds. The lowest BCUT2D eigenvalue weighted by molar-refractivity contribution is -0.173. The average Bonchev–Trinajstić information content (AvgIpc) is 2.47. The topological polar surface area (TPSA) is 38.8 Å². The van der Waals surface area contributed by atoms with E-state index in [2.05, 4.69) is 28.1 Å². The maximum Gasteiger partial charge on any atom is 0.271 e. The minimum atomic E-state index is -0.149. The van der Waals surface area contributed by atoms with E-state index >= 15 is 0 Å². The van der Waals surface area contributed by atoms with Crippen molar-refractivity contribution in [1.82, 2.24) is 5.06 Å². The van der Waals surface area contributed by atoms with Crippen LogP contribution in [0.25, 0.3) is 0 Å². The van der Waals surface area contributed by atoms with Crippen molar-refractivity contribution in [2.75, 3.05) is 32.7 Å². The van der Waals surface area contributed by atoms with E-state index in [1.165, 1.54) is 50.7 Å². The standard InChI is InChI=1S/C15H28BrNO3/c1-17(19-2)15(18)14-20-13-11-9-7-5-3-4-6-8-10-12-16/h8,10H,3-7,9,11-14H2,1-2H3/b10-8+. The molecule has 0 fully saturated rings. The van der Waals surface area contributed by atoms with E-state index in [4.69, 9.17) is 9.57 Å². The summed E-state index contributed by atoms with van der Waals surface area (Å²) < 4.78 is 5.31. The predicted molar refractivity (Wildman–Crippen MR) is 85.9 cm³/mol. The lowest BCUT2D eigenvalue weighted by Crippen LogP contribution is -2.29. The number of carbonyl (C=O) groups is 1. The summed E-state index contributed by atoms with van der Waals surface area (Å²) >= 11 is 3.36. The molecule has 0 saturated carbocycles. The van der Waals surface area contributed by atoms with Crippen LogP contribution >= 0.6 is 15.9 Å². The van der Waals surface area contributed by atoms with E-state index in [0.29, 0.717) is 6.61 Å². The Bertz CT molecular complexity index is 260. The maximum atomic E-state index is 11.3. The van der Waals surface area contributed by atoms with Gasteiger partial charge in [-0.15, -0.1) is 0 Å². The first-order valence-corrected chi connectivity index (χ1v) is 8.44. The van der Waals surface area contributed by atoms with Gasteiger partial charge in [-0.1, -0.05) is 53.8 Å². The molecule has 20 heavy (non-hydrogen) atoms. The van der Waals surface area contributed by atoms with Crippen LogP contribution in [-0.2, 0) is 14.4 Å². The Kier molecular flexibility index (Phi) is 14.7. The lowest BCUT2D eigenvalue weighted by Gasteiger charge is -2.13. The first-order valence-electron chi connectivity index (χ1n) is 7.31. The van der Waals surface area contributed by atoms with Crippen molar-refractivity contribution >= 4 is 21.8 Å². The number of hydrogen-bond acceptors (Lipinski definition) is 3. The number of rotatable bonds is 13. The summed E-state index contributed by atoms with van der Waals surface area (Å²) in [5, 5.41) is 2.14. The van der Waals surface area contributed by atoms with Gasteiger partial charge < -0.3 is 4.74 Å². The number of likely N-dealkylation sites (N-methyl/N-ethyl adjacent to an activating group) is 1. The van der Waals surface area contributed by atoms with Crippen molar-refractivity contribution in [2.45, 2.75) is 44.9 Å². The first kappa shape index (κ1) is 19.6. The molecule has 0 N–H and O–H groups in total. The molecule has 0 atom stereocenters. The second-order valence-corrected chi connectivity index (χ2v) is 5.31. The van der Waals surface area contributed by atoms with Gasteiger partial charge in [0.25, 0.3) is 5.91 Å². The minimum Gasteiger partial charge on any atom is -0.372 e. The van der Waals surface area contributed by atoms with Gasteiger partial charge in [-0.3, -0.25) is 9.63 Å². The highest BCUT2D eigenvalue weighted by molar-refractivity contribution is 9.09. The largest absolute Gasteiger partial charge is 0.372 e. The van der Waals surface area contributed by atoms with E-state index in [0.717, 1.165) is 11.8 Å². The van der Waals surface area contributed by atoms with Gasteiger partial charge in [-0.2, -0.15) is 0 Å². The summed E-state index contributed by atoms with van der Waals surface area (Å²) in [6.07, 6.45) is 12.9. The van der Waals surface area contributed by atoms with Gasteiger partial charge in [0, 0.05) is 19.0 Å². The van der Waals surface area contributed by atoms with E-state index in [1.807, 2.05) is 0 Å². The number of allylic oxidation sites excluding steroid dienone is 2. The molecule has 0 aliphatic heterocycles. The quantitative estimate of drug-likeness (QED) is 0.220. The molecule has 0 aliphatic rings. The molecule has 0 spiro atoms. The Morgan fingerprint density at radius 1 is 1.10 bits per heavy atom. The number of unbranched alkanes of at least 4 members (excludes halogenated alkanes) is 6. The molecule has 0 aromatic carbocycles. The van der Waals surface area contributed by atoms with E-state index in [9.17, 15) is 4.79 Å². The molecule has 0 bridgehead atoms. The van der Waals surface area contributed by atoms with Crippen LogP contribution in [0, 0.1) is 0 Å². The number of hydroxylamine groups is 2. The van der Waals surface area contributed by atoms with Crippen molar-refractivity contribution in [1.29, 1.82) is 0 Å². The summed E-state index contributed by atoms with van der Waals surface area (Å²) in [6, 6.07) is 0. The van der Waals surface area contributed by atoms with Crippen LogP contribution in [0.3, 0.4) is 0 Å². The Balaban J connectivity index is 3.17. The van der Waals surface area contributed by atoms with Gasteiger partial charge in [0.2, 0.25) is 0 Å². The molecule has 0 radical (unpaired) electrons. The second-order valence-electron chi connectivity index (χ2n) is 4.66. The fourth-order valence-electron chi connectivity index (χ4n) is 1.71. The Labute approximate surface area is 131 Å². The van der Waals surface area contributed by atoms with Crippen LogP contribution in [0.5, 0.6) is 0 Å². The van der Waals surface area contributed by atoms with Crippen molar-refractivity contribution in [3.8, 4) is 0 Å². The SMILES string of the molecule is CON(C)C(=O)COCCCCCCCC/C=C/CBr. The summed E-state index contributed by atoms with van der Waals surface area (Å²) in [6.45, 7) is 0.752. The van der Waals surface area contributed by atoms with Crippen LogP contribution in [-0.4, -0.2) is 43.7 Å². The number of carbonyl (C=O) groups excluding carboxylic acids is 1. The zero-order valence-electron chi connectivity index (χ0n) is 12.8. The lowest BCUT2D eigenvalue weighted by atomic mass is 10.1. The molecular weight excluding hydrogens is 322 g/mol. The van der Waals surface area contributed by atoms with Crippen LogP contribution < -0.4 is 0 Å². The molecule has 0 unspecified atom stereocenters. The van der Waals surface area contributed by atoms with Crippen LogP contribution in [0.15, 0.2) is 12.2 Å². The third-order valence-electron chi connectivity index (χ3n) is 3.02. The zero-order chi connectivity index (χ0) is 15.1. The molecule has 0 aromatic heterocycles. The molecule has 0 aliphatic carbocycles. The molecule has 5 heteroatoms. The predicted octanol–water partition coefficient (Wildman–Crippen LogP) is 3.70. The van der Waals surface area contributed by atoms with E-state index < -0.39 is 0 Å². The maximum absolute atomic E-state index is 11.3. The normalized spacial score (nSPS) is 11.2.